The molecule has 0 unspecified atom stereocenters. The Balaban J connectivity index is 0.000000166. The molecule has 0 N–H and O–H groups in total. The Morgan fingerprint density at radius 1 is 0.375 bits per heavy atom. The van der Waals surface area contributed by atoms with Gasteiger partial charge in [-0.05, 0) is 0 Å². The maximum absolute atomic E-state index is 2.57. The molecule has 48 heavy (non-hydrogen) atoms. The van der Waals surface area contributed by atoms with E-state index in [1.165, 1.54) is 91.9 Å². The van der Waals surface area contributed by atoms with E-state index in [0.717, 1.165) is 0 Å². The number of aryl methyl sites for hydroxylation is 6. The van der Waals surface area contributed by atoms with Crippen LogP contribution in [0.4, 0.5) is 0 Å². The molecule has 248 valence electrons. The third-order valence-corrected chi connectivity index (χ3v) is 34.6. The van der Waals surface area contributed by atoms with Crippen molar-refractivity contribution in [3.05, 3.63) is 79.2 Å². The Bertz CT molecular complexity index is 2340. The van der Waals surface area contributed by atoms with Gasteiger partial charge in [-0.3, -0.25) is 0 Å². The van der Waals surface area contributed by atoms with E-state index >= 15 is 0 Å². The van der Waals surface area contributed by atoms with Crippen LogP contribution in [-0.4, -0.2) is 36.8 Å². The molecule has 0 bridgehead atoms. The quantitative estimate of drug-likeness (QED) is 0.154. The number of hydrogen-bond acceptors (Lipinski definition) is 6. The van der Waals surface area contributed by atoms with Gasteiger partial charge in [0, 0.05) is 0 Å². The summed E-state index contributed by atoms with van der Waals surface area (Å²) in [5.74, 6) is 0. The van der Waals surface area contributed by atoms with Gasteiger partial charge in [-0.25, -0.2) is 0 Å². The van der Waals surface area contributed by atoms with Gasteiger partial charge in [0.2, 0.25) is 0 Å². The molecule has 6 aromatic heterocycles. The maximum atomic E-state index is 2.57. The van der Waals surface area contributed by atoms with Crippen LogP contribution < -0.4 is 5.79 Å². The summed E-state index contributed by atoms with van der Waals surface area (Å²) in [5.41, 5.74) is 5.93. The fourth-order valence-corrected chi connectivity index (χ4v) is 23.6. The first-order chi connectivity index (χ1) is 22.5. The van der Waals surface area contributed by atoms with Gasteiger partial charge < -0.3 is 0 Å². The summed E-state index contributed by atoms with van der Waals surface area (Å²) in [6.07, 6.45) is 0. The minimum absolute atomic E-state index is 1.39. The second-order valence-corrected chi connectivity index (χ2v) is 53.3. The molecule has 0 saturated carbocycles. The summed E-state index contributed by atoms with van der Waals surface area (Å²) in [6.45, 7) is 13.5. The van der Waals surface area contributed by atoms with Crippen molar-refractivity contribution in [2.45, 2.75) is 71.2 Å². The summed E-state index contributed by atoms with van der Waals surface area (Å²) in [4.78, 5) is 23.6. The van der Waals surface area contributed by atoms with Crippen LogP contribution >= 0.6 is 68.0 Å². The van der Waals surface area contributed by atoms with Gasteiger partial charge in [0.05, 0.1) is 0 Å². The minimum atomic E-state index is -2.18. The van der Waals surface area contributed by atoms with Gasteiger partial charge in [0.15, 0.2) is 0 Å². The second kappa shape index (κ2) is 13.0. The first-order valence-corrected chi connectivity index (χ1v) is 41.5. The molecule has 8 heteroatoms. The van der Waals surface area contributed by atoms with Crippen molar-refractivity contribution < 1.29 is 0 Å². The molecule has 8 aromatic rings. The zero-order valence-electron chi connectivity index (χ0n) is 30.1. The summed E-state index contributed by atoms with van der Waals surface area (Å²) in [5, 5.41) is 5.91. The van der Waals surface area contributed by atoms with Crippen LogP contribution in [0.3, 0.4) is 0 Å². The molecular weight excluding hydrogens is 910 g/mol. The first-order valence-electron chi connectivity index (χ1n) is 16.6. The van der Waals surface area contributed by atoms with Crippen molar-refractivity contribution in [2.75, 3.05) is 0 Å². The average molecular weight is 955 g/mol. The predicted molar refractivity (Wildman–Crippen MR) is 235 cm³/mol. The van der Waals surface area contributed by atoms with Crippen LogP contribution in [0, 0.1) is 41.5 Å². The van der Waals surface area contributed by atoms with Crippen LogP contribution in [0.25, 0.3) is 61.2 Å². The summed E-state index contributed by atoms with van der Waals surface area (Å²) < 4.78 is 9.36. The van der Waals surface area contributed by atoms with Gasteiger partial charge >= 0.3 is 322 Å². The molecule has 8 rings (SSSR count). The van der Waals surface area contributed by atoms with E-state index in [1.54, 1.807) is 5.79 Å². The van der Waals surface area contributed by atoms with E-state index in [-0.39, 0.29) is 0 Å². The molecule has 0 aliphatic heterocycles. The van der Waals surface area contributed by atoms with Crippen molar-refractivity contribution in [1.82, 2.24) is 0 Å². The first kappa shape index (κ1) is 35.7. The monoisotopic (exact) mass is 956 g/mol. The van der Waals surface area contributed by atoms with Crippen LogP contribution in [0.2, 0.25) is 29.6 Å². The topological polar surface area (TPSA) is 0 Å². The molecule has 0 atom stereocenters. The molecule has 0 spiro atoms. The van der Waals surface area contributed by atoms with Crippen LogP contribution in [-0.2, 0) is 0 Å². The Kier molecular flexibility index (Phi) is 9.69. The summed E-state index contributed by atoms with van der Waals surface area (Å²) in [7, 11) is 0. The number of thiophene rings is 6. The van der Waals surface area contributed by atoms with Crippen molar-refractivity contribution in [3.63, 3.8) is 0 Å². The zero-order chi connectivity index (χ0) is 34.4. The third-order valence-electron chi connectivity index (χ3n) is 9.11. The summed E-state index contributed by atoms with van der Waals surface area (Å²) in [6, 6.07) is 19.1. The number of rotatable bonds is 4. The van der Waals surface area contributed by atoms with Crippen LogP contribution in [0.15, 0.2) is 48.5 Å². The Hall–Kier alpha value is -0.723. The Morgan fingerprint density at radius 3 is 1.23 bits per heavy atom. The fourth-order valence-electron chi connectivity index (χ4n) is 6.52. The van der Waals surface area contributed by atoms with E-state index < -0.39 is 36.8 Å². The molecule has 0 fully saturated rings. The van der Waals surface area contributed by atoms with E-state index in [4.69, 9.17) is 0 Å². The van der Waals surface area contributed by atoms with Crippen LogP contribution in [0.5, 0.6) is 0 Å². The SMILES string of the molecule is Cc1cc2c(C)c3s[c]([Sn]([CH3])([CH3])[CH3])cc3c(C)c2s1.Cc1ccc(-c2c3c[c]([Sn]([CH3])([CH3])[CH3])sc3c(-c3ccc(C)s3)c3cc(C)sc23)s1. The molecule has 0 amide bonds. The van der Waals surface area contributed by atoms with Crippen molar-refractivity contribution in [2.24, 2.45) is 0 Å². The molecule has 0 nitrogen and oxygen atoms in total. The van der Waals surface area contributed by atoms with Gasteiger partial charge in [0.1, 0.15) is 0 Å². The van der Waals surface area contributed by atoms with Crippen molar-refractivity contribution >= 4 is 151 Å². The Morgan fingerprint density at radius 2 is 0.750 bits per heavy atom. The molecule has 0 radical (unpaired) electrons. The van der Waals surface area contributed by atoms with Gasteiger partial charge in [0.25, 0.3) is 0 Å². The molecular formula is C40H44S6Sn2. The second-order valence-electron chi connectivity index (χ2n) is 15.2. The Labute approximate surface area is 318 Å². The van der Waals surface area contributed by atoms with Gasteiger partial charge in [-0.1, -0.05) is 0 Å². The zero-order valence-corrected chi connectivity index (χ0v) is 40.7. The molecule has 0 saturated heterocycles. The fraction of sp³-hybridized carbons (Fsp3) is 0.300. The standard InChI is InChI=1S/C21H15S4.C13H11S2.6CH3.2Sn/c1-11-4-6-16(23-11)18-14-8-9-22-20(14)19(17-7-5-12(2)24-17)15-10-13(3)25-21(15)18;1-7-6-11-9(3)12-10(4-5-14-12)8(2)13(11)15-7;;;;;;;;/h4-8,10H,1-3H3;4,6H,1-3H3;6*1H3;;. The number of fused-ring (bicyclic) bond motifs is 4. The number of hydrogen-bond donors (Lipinski definition) is 0. The third kappa shape index (κ3) is 6.45. The molecule has 0 aliphatic carbocycles. The van der Waals surface area contributed by atoms with Gasteiger partial charge in [-0.2, -0.15) is 0 Å². The summed E-state index contributed by atoms with van der Waals surface area (Å²) >= 11 is 7.80. The van der Waals surface area contributed by atoms with E-state index in [0.29, 0.717) is 0 Å². The van der Waals surface area contributed by atoms with E-state index in [9.17, 15) is 0 Å². The molecule has 2 aromatic carbocycles. The van der Waals surface area contributed by atoms with Crippen molar-refractivity contribution in [1.29, 1.82) is 0 Å². The normalized spacial score (nSPS) is 12.6. The van der Waals surface area contributed by atoms with E-state index in [2.05, 4.69) is 142 Å². The van der Waals surface area contributed by atoms with E-state index in [1.807, 2.05) is 45.3 Å². The average Bonchev–Trinajstić information content (AvgIpc) is 3.82. The molecule has 6 heterocycles. The molecule has 0 aliphatic rings. The number of benzene rings is 2. The van der Waals surface area contributed by atoms with Crippen molar-refractivity contribution in [3.8, 4) is 20.9 Å². The van der Waals surface area contributed by atoms with Crippen LogP contribution in [0.1, 0.15) is 30.6 Å². The van der Waals surface area contributed by atoms with Gasteiger partial charge in [-0.15, -0.1) is 0 Å². The predicted octanol–water partition coefficient (Wildman–Crippen LogP) is 14.6.